The van der Waals surface area contributed by atoms with Gasteiger partial charge in [0.2, 0.25) is 0 Å². The Morgan fingerprint density at radius 1 is 1.23 bits per heavy atom. The van der Waals surface area contributed by atoms with E-state index in [9.17, 15) is 0 Å². The van der Waals surface area contributed by atoms with Crippen LogP contribution in [0, 0.1) is 11.3 Å². The maximum absolute atomic E-state index is 8.38. The highest BCUT2D eigenvalue weighted by Crippen LogP contribution is 2.06. The van der Waals surface area contributed by atoms with E-state index in [4.69, 9.17) is 5.26 Å². The highest BCUT2D eigenvalue weighted by molar-refractivity contribution is 5.72. The first-order chi connectivity index (χ1) is 6.40. The fraction of sp³-hybridized carbons (Fsp3) is 0.222. The summed E-state index contributed by atoms with van der Waals surface area (Å²) in [6.07, 6.45) is 0.445. The van der Waals surface area contributed by atoms with Crippen molar-refractivity contribution in [2.24, 2.45) is 0 Å². The van der Waals surface area contributed by atoms with Crippen LogP contribution in [-0.2, 0) is 6.54 Å². The fourth-order valence-corrected chi connectivity index (χ4v) is 1.15. The first-order valence-corrected chi connectivity index (χ1v) is 4.07. The van der Waals surface area contributed by atoms with Crippen molar-refractivity contribution in [3.63, 3.8) is 0 Å². The van der Waals surface area contributed by atoms with Gasteiger partial charge >= 0.3 is 0 Å². The average Bonchev–Trinajstić information content (AvgIpc) is 2.57. The van der Waals surface area contributed by atoms with Gasteiger partial charge in [-0.1, -0.05) is 12.1 Å². The Kier molecular flexibility index (Phi) is 1.93. The number of aryl methyl sites for hydroxylation is 1. The van der Waals surface area contributed by atoms with Crippen LogP contribution in [0.15, 0.2) is 24.3 Å². The summed E-state index contributed by atoms with van der Waals surface area (Å²) in [5.74, 6) is 0. The van der Waals surface area contributed by atoms with Crippen molar-refractivity contribution < 1.29 is 0 Å². The molecule has 4 nitrogen and oxygen atoms in total. The molecule has 13 heavy (non-hydrogen) atoms. The second-order valence-corrected chi connectivity index (χ2v) is 2.69. The number of aromatic nitrogens is 3. The molecule has 0 unspecified atom stereocenters. The topological polar surface area (TPSA) is 54.5 Å². The highest BCUT2D eigenvalue weighted by atomic mass is 15.5. The molecule has 2 aromatic rings. The van der Waals surface area contributed by atoms with E-state index >= 15 is 0 Å². The minimum Gasteiger partial charge on any atom is -0.198 e. The summed E-state index contributed by atoms with van der Waals surface area (Å²) >= 11 is 0. The molecule has 0 saturated carbocycles. The lowest BCUT2D eigenvalue weighted by atomic mass is 10.3. The molecular formula is C9H8N4. The quantitative estimate of drug-likeness (QED) is 0.687. The van der Waals surface area contributed by atoms with Gasteiger partial charge in [0.25, 0.3) is 0 Å². The molecule has 0 bridgehead atoms. The zero-order valence-corrected chi connectivity index (χ0v) is 7.01. The summed E-state index contributed by atoms with van der Waals surface area (Å²) in [5, 5.41) is 16.8. The Labute approximate surface area is 75.4 Å². The van der Waals surface area contributed by atoms with Gasteiger partial charge in [0.1, 0.15) is 11.0 Å². The molecular weight excluding hydrogens is 164 g/mol. The molecule has 4 heteroatoms. The average molecular weight is 172 g/mol. The number of benzene rings is 1. The summed E-state index contributed by atoms with van der Waals surface area (Å²) in [5.41, 5.74) is 1.75. The van der Waals surface area contributed by atoms with Gasteiger partial charge in [-0.3, -0.25) is 0 Å². The largest absolute Gasteiger partial charge is 0.198 e. The third-order valence-electron chi connectivity index (χ3n) is 1.75. The van der Waals surface area contributed by atoms with E-state index in [0.29, 0.717) is 13.0 Å². The van der Waals surface area contributed by atoms with Crippen molar-refractivity contribution in [2.75, 3.05) is 0 Å². The highest BCUT2D eigenvalue weighted by Gasteiger charge is 1.99. The number of nitrogens with zero attached hydrogens (tertiary/aromatic N) is 4. The molecule has 1 aromatic carbocycles. The summed E-state index contributed by atoms with van der Waals surface area (Å²) in [6.45, 7) is 0.561. The smallest absolute Gasteiger partial charge is 0.113 e. The van der Waals surface area contributed by atoms with Gasteiger partial charge in [0, 0.05) is 0 Å². The van der Waals surface area contributed by atoms with Gasteiger partial charge in [-0.15, -0.1) is 0 Å². The Morgan fingerprint density at radius 3 is 2.38 bits per heavy atom. The van der Waals surface area contributed by atoms with E-state index in [0.717, 1.165) is 11.0 Å². The third kappa shape index (κ3) is 1.49. The van der Waals surface area contributed by atoms with Gasteiger partial charge < -0.3 is 0 Å². The molecule has 2 rings (SSSR count). The molecule has 64 valence electrons. The normalized spacial score (nSPS) is 10.1. The number of fused-ring (bicyclic) bond motifs is 1. The predicted octanol–water partition coefficient (Wildman–Crippen LogP) is 1.34. The van der Waals surface area contributed by atoms with E-state index in [1.54, 1.807) is 4.80 Å². The van der Waals surface area contributed by atoms with Crippen LogP contribution in [0.5, 0.6) is 0 Å². The monoisotopic (exact) mass is 172 g/mol. The number of rotatable bonds is 2. The van der Waals surface area contributed by atoms with Crippen LogP contribution in [0.1, 0.15) is 6.42 Å². The van der Waals surface area contributed by atoms with E-state index in [2.05, 4.69) is 16.3 Å². The molecule has 0 spiro atoms. The van der Waals surface area contributed by atoms with Crippen molar-refractivity contribution >= 4 is 11.0 Å². The zero-order valence-electron chi connectivity index (χ0n) is 7.01. The Balaban J connectivity index is 2.34. The number of nitriles is 1. The van der Waals surface area contributed by atoms with Crippen molar-refractivity contribution in [3.8, 4) is 6.07 Å². The first-order valence-electron chi connectivity index (χ1n) is 4.07. The number of hydrogen-bond acceptors (Lipinski definition) is 3. The molecule has 0 saturated heterocycles. The van der Waals surface area contributed by atoms with Crippen molar-refractivity contribution in [2.45, 2.75) is 13.0 Å². The van der Waals surface area contributed by atoms with Crippen LogP contribution >= 0.6 is 0 Å². The molecule has 1 aromatic heterocycles. The first kappa shape index (κ1) is 7.74. The summed E-state index contributed by atoms with van der Waals surface area (Å²) in [4.78, 5) is 1.56. The SMILES string of the molecule is N#CCCn1nc2ccccc2n1. The maximum atomic E-state index is 8.38. The maximum Gasteiger partial charge on any atom is 0.113 e. The zero-order chi connectivity index (χ0) is 9.10. The van der Waals surface area contributed by atoms with Crippen molar-refractivity contribution in [3.05, 3.63) is 24.3 Å². The summed E-state index contributed by atoms with van der Waals surface area (Å²) < 4.78 is 0. The molecule has 0 atom stereocenters. The van der Waals surface area contributed by atoms with E-state index < -0.39 is 0 Å². The van der Waals surface area contributed by atoms with Crippen molar-refractivity contribution in [1.29, 1.82) is 5.26 Å². The van der Waals surface area contributed by atoms with E-state index in [-0.39, 0.29) is 0 Å². The van der Waals surface area contributed by atoms with Gasteiger partial charge in [-0.05, 0) is 12.1 Å². The lowest BCUT2D eigenvalue weighted by Gasteiger charge is -1.89. The fourth-order valence-electron chi connectivity index (χ4n) is 1.15. The van der Waals surface area contributed by atoms with E-state index in [1.165, 1.54) is 0 Å². The molecule has 0 fully saturated rings. The lowest BCUT2D eigenvalue weighted by molar-refractivity contribution is 0.554. The molecule has 0 aliphatic carbocycles. The van der Waals surface area contributed by atoms with Crippen LogP contribution in [0.25, 0.3) is 11.0 Å². The minimum absolute atomic E-state index is 0.445. The van der Waals surface area contributed by atoms with Crippen LogP contribution in [0.3, 0.4) is 0 Å². The van der Waals surface area contributed by atoms with Crippen LogP contribution < -0.4 is 0 Å². The molecule has 0 radical (unpaired) electrons. The van der Waals surface area contributed by atoms with Gasteiger partial charge in [0.05, 0.1) is 19.0 Å². The van der Waals surface area contributed by atoms with Crippen LogP contribution in [-0.4, -0.2) is 15.0 Å². The van der Waals surface area contributed by atoms with Crippen LogP contribution in [0.2, 0.25) is 0 Å². The molecule has 0 aliphatic rings. The van der Waals surface area contributed by atoms with Gasteiger partial charge in [-0.25, -0.2) is 0 Å². The second kappa shape index (κ2) is 3.23. The molecule has 0 amide bonds. The Bertz CT molecular complexity index is 419. The minimum atomic E-state index is 0.445. The van der Waals surface area contributed by atoms with Gasteiger partial charge in [0.15, 0.2) is 0 Å². The molecule has 0 aliphatic heterocycles. The molecule has 1 heterocycles. The van der Waals surface area contributed by atoms with Gasteiger partial charge in [-0.2, -0.15) is 20.3 Å². The standard InChI is InChI=1S/C9H8N4/c10-6-3-7-13-11-8-4-1-2-5-9(8)12-13/h1-2,4-5H,3,7H2. The Hall–Kier alpha value is -1.89. The van der Waals surface area contributed by atoms with Crippen molar-refractivity contribution in [1.82, 2.24) is 15.0 Å². The molecule has 0 N–H and O–H groups in total. The Morgan fingerprint density at radius 2 is 1.85 bits per heavy atom. The second-order valence-electron chi connectivity index (χ2n) is 2.69. The lowest BCUT2D eigenvalue weighted by Crippen LogP contribution is -2.00. The number of hydrogen-bond donors (Lipinski definition) is 0. The van der Waals surface area contributed by atoms with E-state index in [1.807, 2.05) is 24.3 Å². The van der Waals surface area contributed by atoms with Crippen LogP contribution in [0.4, 0.5) is 0 Å². The summed E-state index contributed by atoms with van der Waals surface area (Å²) in [6, 6.07) is 9.72. The predicted molar refractivity (Wildman–Crippen MR) is 47.8 cm³/mol. The summed E-state index contributed by atoms with van der Waals surface area (Å²) in [7, 11) is 0. The third-order valence-corrected chi connectivity index (χ3v) is 1.75.